The molecule has 154 valence electrons. The van der Waals surface area contributed by atoms with Gasteiger partial charge in [0.25, 0.3) is 5.56 Å². The summed E-state index contributed by atoms with van der Waals surface area (Å²) in [4.78, 5) is 16.3. The standard InChI is InChI=1S/C24H17F2N3O2/c1-13-22(18-10-6-16(25)12-20(18)26)23-27-21-11-15(14-3-7-17(31-2)8-4-14)5-9-19(21)24(30)29(23)28-13/h3-12,27H,1-2H3. The number of rotatable bonds is 3. The van der Waals surface area contributed by atoms with E-state index >= 15 is 0 Å². The number of aryl methyl sites for hydroxylation is 1. The van der Waals surface area contributed by atoms with Crippen LogP contribution >= 0.6 is 0 Å². The van der Waals surface area contributed by atoms with E-state index in [0.717, 1.165) is 22.9 Å². The highest BCUT2D eigenvalue weighted by Gasteiger charge is 2.19. The third kappa shape index (κ3) is 3.06. The molecule has 0 saturated heterocycles. The Kier molecular flexibility index (Phi) is 4.32. The predicted octanol–water partition coefficient (Wildman–Crippen LogP) is 5.11. The lowest BCUT2D eigenvalue weighted by atomic mass is 10.0. The summed E-state index contributed by atoms with van der Waals surface area (Å²) in [6, 6.07) is 16.4. The third-order valence-electron chi connectivity index (χ3n) is 5.38. The monoisotopic (exact) mass is 417 g/mol. The SMILES string of the molecule is COc1ccc(-c2ccc3c(=O)n4nc(C)c(-c5ccc(F)cc5F)c4[nH]c3c2)cc1. The van der Waals surface area contributed by atoms with Crippen LogP contribution in [0.3, 0.4) is 0 Å². The molecule has 0 saturated carbocycles. The zero-order valence-electron chi connectivity index (χ0n) is 16.7. The van der Waals surface area contributed by atoms with Crippen LogP contribution in [-0.2, 0) is 0 Å². The van der Waals surface area contributed by atoms with Crippen molar-refractivity contribution < 1.29 is 13.5 Å². The minimum atomic E-state index is -0.717. The van der Waals surface area contributed by atoms with Gasteiger partial charge in [0, 0.05) is 11.6 Å². The van der Waals surface area contributed by atoms with Crippen LogP contribution in [0.4, 0.5) is 8.78 Å². The number of halogens is 2. The number of hydrogen-bond donors (Lipinski definition) is 1. The van der Waals surface area contributed by atoms with Gasteiger partial charge in [0.1, 0.15) is 23.0 Å². The fourth-order valence-corrected chi connectivity index (χ4v) is 3.84. The molecule has 0 aliphatic heterocycles. The van der Waals surface area contributed by atoms with Gasteiger partial charge in [-0.2, -0.15) is 9.61 Å². The molecular weight excluding hydrogens is 400 g/mol. The first-order chi connectivity index (χ1) is 15.0. The number of nitrogens with one attached hydrogen (secondary N) is 1. The fourth-order valence-electron chi connectivity index (χ4n) is 3.84. The largest absolute Gasteiger partial charge is 0.497 e. The minimum Gasteiger partial charge on any atom is -0.497 e. The first kappa shape index (κ1) is 19.0. The van der Waals surface area contributed by atoms with Gasteiger partial charge in [0.15, 0.2) is 0 Å². The lowest BCUT2D eigenvalue weighted by Gasteiger charge is -2.07. The van der Waals surface area contributed by atoms with Gasteiger partial charge in [-0.1, -0.05) is 18.2 Å². The smallest absolute Gasteiger partial charge is 0.282 e. The number of hydrogen-bond acceptors (Lipinski definition) is 3. The van der Waals surface area contributed by atoms with Crippen molar-refractivity contribution in [3.63, 3.8) is 0 Å². The Morgan fingerprint density at radius 1 is 0.968 bits per heavy atom. The van der Waals surface area contributed by atoms with Gasteiger partial charge in [0.2, 0.25) is 0 Å². The second kappa shape index (κ2) is 7.05. The van der Waals surface area contributed by atoms with Crippen molar-refractivity contribution in [3.8, 4) is 28.0 Å². The number of aromatic amines is 1. The van der Waals surface area contributed by atoms with Gasteiger partial charge in [-0.05, 0) is 54.4 Å². The van der Waals surface area contributed by atoms with Crippen molar-refractivity contribution in [2.75, 3.05) is 7.11 Å². The molecule has 0 unspecified atom stereocenters. The molecule has 0 fully saturated rings. The summed E-state index contributed by atoms with van der Waals surface area (Å²) < 4.78 is 34.3. The number of methoxy groups -OCH3 is 1. The molecule has 7 heteroatoms. The van der Waals surface area contributed by atoms with Crippen LogP contribution in [0.2, 0.25) is 0 Å². The molecule has 5 rings (SSSR count). The number of aromatic nitrogens is 3. The molecule has 1 N–H and O–H groups in total. The summed E-state index contributed by atoms with van der Waals surface area (Å²) in [7, 11) is 1.61. The van der Waals surface area contributed by atoms with E-state index in [9.17, 15) is 13.6 Å². The average Bonchev–Trinajstić information content (AvgIpc) is 3.10. The third-order valence-corrected chi connectivity index (χ3v) is 5.38. The van der Waals surface area contributed by atoms with E-state index in [1.54, 1.807) is 20.1 Å². The Hall–Kier alpha value is -4.00. The molecule has 31 heavy (non-hydrogen) atoms. The molecular formula is C24H17F2N3O2. The second-order valence-electron chi connectivity index (χ2n) is 7.26. The molecule has 0 atom stereocenters. The molecule has 2 heterocycles. The van der Waals surface area contributed by atoms with Crippen molar-refractivity contribution >= 4 is 16.6 Å². The summed E-state index contributed by atoms with van der Waals surface area (Å²) in [5.41, 5.74) is 3.55. The van der Waals surface area contributed by atoms with Gasteiger partial charge >= 0.3 is 0 Å². The van der Waals surface area contributed by atoms with E-state index < -0.39 is 11.6 Å². The quantitative estimate of drug-likeness (QED) is 0.444. The van der Waals surface area contributed by atoms with Crippen LogP contribution in [0, 0.1) is 18.6 Å². The van der Waals surface area contributed by atoms with Crippen LogP contribution in [0.15, 0.2) is 65.5 Å². The Labute approximate surface area is 175 Å². The van der Waals surface area contributed by atoms with E-state index in [-0.39, 0.29) is 11.1 Å². The minimum absolute atomic E-state index is 0.176. The average molecular weight is 417 g/mol. The Bertz CT molecular complexity index is 1520. The van der Waals surface area contributed by atoms with Crippen molar-refractivity contribution in [2.24, 2.45) is 0 Å². The highest BCUT2D eigenvalue weighted by Crippen LogP contribution is 2.31. The number of ether oxygens (including phenoxy) is 1. The first-order valence-corrected chi connectivity index (χ1v) is 9.61. The number of fused-ring (bicyclic) bond motifs is 2. The zero-order chi connectivity index (χ0) is 21.7. The van der Waals surface area contributed by atoms with Crippen molar-refractivity contribution in [1.82, 2.24) is 14.6 Å². The van der Waals surface area contributed by atoms with E-state index in [1.165, 1.54) is 16.6 Å². The van der Waals surface area contributed by atoms with Crippen molar-refractivity contribution in [3.05, 3.63) is 88.3 Å². The van der Waals surface area contributed by atoms with Crippen LogP contribution < -0.4 is 10.3 Å². The number of nitrogens with zero attached hydrogens (tertiary/aromatic N) is 2. The molecule has 2 aromatic heterocycles. The van der Waals surface area contributed by atoms with Crippen LogP contribution in [-0.4, -0.2) is 21.7 Å². The maximum atomic E-state index is 14.5. The van der Waals surface area contributed by atoms with Gasteiger partial charge in [-0.25, -0.2) is 8.78 Å². The Balaban J connectivity index is 1.75. The van der Waals surface area contributed by atoms with Crippen LogP contribution in [0.1, 0.15) is 5.69 Å². The van der Waals surface area contributed by atoms with Crippen molar-refractivity contribution in [2.45, 2.75) is 6.92 Å². The predicted molar refractivity (Wildman–Crippen MR) is 115 cm³/mol. The topological polar surface area (TPSA) is 59.4 Å². The highest BCUT2D eigenvalue weighted by molar-refractivity contribution is 5.88. The lowest BCUT2D eigenvalue weighted by Crippen LogP contribution is -2.15. The summed E-state index contributed by atoms with van der Waals surface area (Å²) in [5, 5.41) is 4.76. The Morgan fingerprint density at radius 2 is 1.71 bits per heavy atom. The molecule has 5 aromatic rings. The maximum absolute atomic E-state index is 14.5. The molecule has 0 amide bonds. The normalized spacial score (nSPS) is 11.4. The van der Waals surface area contributed by atoms with Crippen LogP contribution in [0.5, 0.6) is 5.75 Å². The number of benzene rings is 3. The molecule has 0 aliphatic carbocycles. The van der Waals surface area contributed by atoms with Gasteiger partial charge in [-0.3, -0.25) is 4.79 Å². The fraction of sp³-hybridized carbons (Fsp3) is 0.0833. The van der Waals surface area contributed by atoms with Crippen molar-refractivity contribution in [1.29, 1.82) is 0 Å². The molecule has 0 bridgehead atoms. The lowest BCUT2D eigenvalue weighted by molar-refractivity contribution is 0.415. The summed E-state index contributed by atoms with van der Waals surface area (Å²) in [5.74, 6) is -0.635. The van der Waals surface area contributed by atoms with Gasteiger partial charge < -0.3 is 9.72 Å². The van der Waals surface area contributed by atoms with Gasteiger partial charge in [0.05, 0.1) is 29.3 Å². The molecule has 0 aliphatic rings. The number of H-pyrrole nitrogens is 1. The highest BCUT2D eigenvalue weighted by atomic mass is 19.1. The van der Waals surface area contributed by atoms with E-state index in [2.05, 4.69) is 10.1 Å². The van der Waals surface area contributed by atoms with Gasteiger partial charge in [-0.15, -0.1) is 0 Å². The van der Waals surface area contributed by atoms with E-state index in [4.69, 9.17) is 4.74 Å². The summed E-state index contributed by atoms with van der Waals surface area (Å²) in [6.07, 6.45) is 0. The molecule has 3 aromatic carbocycles. The zero-order valence-corrected chi connectivity index (χ0v) is 16.7. The van der Waals surface area contributed by atoms with Crippen LogP contribution in [0.25, 0.3) is 38.8 Å². The van der Waals surface area contributed by atoms with E-state index in [0.29, 0.717) is 27.8 Å². The Morgan fingerprint density at radius 3 is 2.42 bits per heavy atom. The maximum Gasteiger partial charge on any atom is 0.282 e. The molecule has 0 spiro atoms. The van der Waals surface area contributed by atoms with E-state index in [1.807, 2.05) is 36.4 Å². The molecule has 5 nitrogen and oxygen atoms in total. The summed E-state index contributed by atoms with van der Waals surface area (Å²) >= 11 is 0. The molecule has 0 radical (unpaired) electrons. The summed E-state index contributed by atoms with van der Waals surface area (Å²) in [6.45, 7) is 1.69. The second-order valence-corrected chi connectivity index (χ2v) is 7.26. The first-order valence-electron chi connectivity index (χ1n) is 9.61.